The van der Waals surface area contributed by atoms with Crippen LogP contribution in [0.2, 0.25) is 0 Å². The Morgan fingerprint density at radius 1 is 1.39 bits per heavy atom. The van der Waals surface area contributed by atoms with Gasteiger partial charge in [-0.2, -0.15) is 0 Å². The van der Waals surface area contributed by atoms with Crippen LogP contribution in [-0.2, 0) is 14.6 Å². The van der Waals surface area contributed by atoms with Crippen LogP contribution in [0.1, 0.15) is 19.3 Å². The molecule has 6 nitrogen and oxygen atoms in total. The van der Waals surface area contributed by atoms with Gasteiger partial charge in [0.1, 0.15) is 0 Å². The van der Waals surface area contributed by atoms with Gasteiger partial charge in [-0.3, -0.25) is 9.69 Å². The third kappa shape index (κ3) is 3.43. The maximum atomic E-state index is 11.8. The lowest BCUT2D eigenvalue weighted by atomic mass is 10.2. The monoisotopic (exact) mass is 275 g/mol. The van der Waals surface area contributed by atoms with E-state index in [0.717, 1.165) is 19.4 Å². The van der Waals surface area contributed by atoms with Gasteiger partial charge in [-0.05, 0) is 25.8 Å². The summed E-state index contributed by atoms with van der Waals surface area (Å²) in [5.74, 6) is 0.184. The van der Waals surface area contributed by atoms with Gasteiger partial charge in [0.2, 0.25) is 5.91 Å². The molecule has 2 aliphatic heterocycles. The third-order valence-corrected chi connectivity index (χ3v) is 5.48. The van der Waals surface area contributed by atoms with Crippen molar-refractivity contribution in [3.05, 3.63) is 0 Å². The number of carbonyl (C=O) groups excluding carboxylic acids is 1. The lowest BCUT2D eigenvalue weighted by Crippen LogP contribution is -2.45. The average molecular weight is 275 g/mol. The van der Waals surface area contributed by atoms with Gasteiger partial charge in [-0.1, -0.05) is 0 Å². The van der Waals surface area contributed by atoms with Crippen LogP contribution in [0.3, 0.4) is 0 Å². The zero-order valence-corrected chi connectivity index (χ0v) is 11.3. The van der Waals surface area contributed by atoms with Crippen LogP contribution in [0.15, 0.2) is 0 Å². The van der Waals surface area contributed by atoms with Crippen molar-refractivity contribution in [3.8, 4) is 0 Å². The number of carbonyl (C=O) groups is 1. The largest absolute Gasteiger partial charge is 0.351 e. The van der Waals surface area contributed by atoms with Crippen molar-refractivity contribution in [2.75, 3.05) is 31.1 Å². The molecule has 0 saturated carbocycles. The summed E-state index contributed by atoms with van der Waals surface area (Å²) in [6.07, 6.45) is 2.66. The van der Waals surface area contributed by atoms with Crippen molar-refractivity contribution in [2.24, 2.45) is 5.73 Å². The van der Waals surface area contributed by atoms with Crippen molar-refractivity contribution in [3.63, 3.8) is 0 Å². The smallest absolute Gasteiger partial charge is 0.234 e. The van der Waals surface area contributed by atoms with E-state index in [1.54, 1.807) is 0 Å². The summed E-state index contributed by atoms with van der Waals surface area (Å²) < 4.78 is 22.6. The quantitative estimate of drug-likeness (QED) is 0.666. The van der Waals surface area contributed by atoms with Gasteiger partial charge in [0, 0.05) is 18.6 Å². The number of sulfone groups is 1. The minimum atomic E-state index is -2.93. The third-order valence-electron chi connectivity index (χ3n) is 3.72. The molecule has 0 aromatic rings. The minimum Gasteiger partial charge on any atom is -0.351 e. The first kappa shape index (κ1) is 13.8. The number of nitrogens with zero attached hydrogens (tertiary/aromatic N) is 1. The topological polar surface area (TPSA) is 92.5 Å². The molecule has 2 heterocycles. The summed E-state index contributed by atoms with van der Waals surface area (Å²) in [7, 11) is -2.93. The second-order valence-electron chi connectivity index (χ2n) is 5.17. The lowest BCUT2D eigenvalue weighted by Gasteiger charge is -2.23. The van der Waals surface area contributed by atoms with Gasteiger partial charge < -0.3 is 11.1 Å². The van der Waals surface area contributed by atoms with Gasteiger partial charge in [-0.25, -0.2) is 8.42 Å². The van der Waals surface area contributed by atoms with Crippen molar-refractivity contribution >= 4 is 15.7 Å². The van der Waals surface area contributed by atoms with E-state index in [0.29, 0.717) is 25.6 Å². The van der Waals surface area contributed by atoms with E-state index in [2.05, 4.69) is 10.2 Å². The molecule has 0 aromatic heterocycles. The average Bonchev–Trinajstić information content (AvgIpc) is 2.85. The molecule has 7 heteroatoms. The molecule has 2 saturated heterocycles. The molecule has 0 bridgehead atoms. The Labute approximate surface area is 108 Å². The fourth-order valence-electron chi connectivity index (χ4n) is 2.74. The summed E-state index contributed by atoms with van der Waals surface area (Å²) in [6, 6.07) is 0.0875. The molecule has 3 N–H and O–H groups in total. The summed E-state index contributed by atoms with van der Waals surface area (Å²) in [5, 5.41) is 2.81. The Morgan fingerprint density at radius 2 is 2.17 bits per heavy atom. The number of hydrogen-bond acceptors (Lipinski definition) is 5. The van der Waals surface area contributed by atoms with E-state index in [-0.39, 0.29) is 23.5 Å². The Kier molecular flexibility index (Phi) is 4.24. The maximum absolute atomic E-state index is 11.8. The van der Waals surface area contributed by atoms with Crippen molar-refractivity contribution < 1.29 is 13.2 Å². The first-order valence-electron chi connectivity index (χ1n) is 6.44. The molecule has 1 amide bonds. The molecule has 2 rings (SSSR count). The first-order valence-corrected chi connectivity index (χ1v) is 8.26. The van der Waals surface area contributed by atoms with Crippen molar-refractivity contribution in [1.82, 2.24) is 10.2 Å². The number of likely N-dealkylation sites (tertiary alicyclic amines) is 1. The highest BCUT2D eigenvalue weighted by Crippen LogP contribution is 2.16. The number of nitrogens with two attached hydrogens (primary N) is 1. The Morgan fingerprint density at radius 3 is 2.78 bits per heavy atom. The molecule has 0 radical (unpaired) electrons. The molecule has 2 atom stereocenters. The van der Waals surface area contributed by atoms with E-state index in [1.165, 1.54) is 0 Å². The predicted octanol–water partition coefficient (Wildman–Crippen LogP) is -1.29. The number of amides is 1. The molecule has 0 aromatic carbocycles. The molecule has 0 aliphatic carbocycles. The zero-order valence-electron chi connectivity index (χ0n) is 10.5. The van der Waals surface area contributed by atoms with Gasteiger partial charge in [0.15, 0.2) is 9.84 Å². The Hall–Kier alpha value is -0.660. The van der Waals surface area contributed by atoms with Crippen LogP contribution in [-0.4, -0.2) is 62.4 Å². The summed E-state index contributed by atoms with van der Waals surface area (Å²) in [4.78, 5) is 13.9. The van der Waals surface area contributed by atoms with Gasteiger partial charge in [-0.15, -0.1) is 0 Å². The fourth-order valence-corrected chi connectivity index (χ4v) is 4.41. The molecule has 2 unspecified atom stereocenters. The SMILES string of the molecule is NCC1CCCN1CC(=O)NC1CCS(=O)(=O)C1. The molecule has 104 valence electrons. The highest BCUT2D eigenvalue weighted by molar-refractivity contribution is 7.91. The van der Waals surface area contributed by atoms with Crippen LogP contribution in [0.4, 0.5) is 0 Å². The lowest BCUT2D eigenvalue weighted by molar-refractivity contribution is -0.123. The molecule has 2 aliphatic rings. The van der Waals surface area contributed by atoms with Crippen LogP contribution < -0.4 is 11.1 Å². The van der Waals surface area contributed by atoms with Gasteiger partial charge in [0.05, 0.1) is 18.1 Å². The maximum Gasteiger partial charge on any atom is 0.234 e. The zero-order chi connectivity index (χ0) is 13.2. The van der Waals surface area contributed by atoms with Gasteiger partial charge >= 0.3 is 0 Å². The summed E-state index contributed by atoms with van der Waals surface area (Å²) >= 11 is 0. The second-order valence-corrected chi connectivity index (χ2v) is 7.40. The van der Waals surface area contributed by atoms with E-state index in [1.807, 2.05) is 0 Å². The summed E-state index contributed by atoms with van der Waals surface area (Å²) in [6.45, 7) is 1.81. The van der Waals surface area contributed by atoms with Crippen LogP contribution >= 0.6 is 0 Å². The van der Waals surface area contributed by atoms with E-state index in [9.17, 15) is 13.2 Å². The number of hydrogen-bond donors (Lipinski definition) is 2. The van der Waals surface area contributed by atoms with Gasteiger partial charge in [0.25, 0.3) is 0 Å². The molecule has 2 fully saturated rings. The molecule has 0 spiro atoms. The van der Waals surface area contributed by atoms with Crippen molar-refractivity contribution in [2.45, 2.75) is 31.3 Å². The standard InChI is InChI=1S/C11H21N3O3S/c12-6-10-2-1-4-14(10)7-11(15)13-9-3-5-18(16,17)8-9/h9-10H,1-8,12H2,(H,13,15). The highest BCUT2D eigenvalue weighted by atomic mass is 32.2. The van der Waals surface area contributed by atoms with Crippen LogP contribution in [0, 0.1) is 0 Å². The molecule has 18 heavy (non-hydrogen) atoms. The first-order chi connectivity index (χ1) is 8.50. The Balaban J connectivity index is 1.79. The molecular formula is C11H21N3O3S. The van der Waals surface area contributed by atoms with Crippen LogP contribution in [0.25, 0.3) is 0 Å². The van der Waals surface area contributed by atoms with E-state index < -0.39 is 9.84 Å². The van der Waals surface area contributed by atoms with E-state index >= 15 is 0 Å². The fraction of sp³-hybridized carbons (Fsp3) is 0.909. The van der Waals surface area contributed by atoms with Crippen molar-refractivity contribution in [1.29, 1.82) is 0 Å². The predicted molar refractivity (Wildman–Crippen MR) is 68.9 cm³/mol. The highest BCUT2D eigenvalue weighted by Gasteiger charge is 2.30. The van der Waals surface area contributed by atoms with Crippen LogP contribution in [0.5, 0.6) is 0 Å². The Bertz CT molecular complexity index is 410. The minimum absolute atomic E-state index is 0.0824. The number of nitrogens with one attached hydrogen (secondary N) is 1. The molecular weight excluding hydrogens is 254 g/mol. The summed E-state index contributed by atoms with van der Waals surface area (Å²) in [5.41, 5.74) is 5.65. The normalized spacial score (nSPS) is 31.6. The second kappa shape index (κ2) is 5.54. The van der Waals surface area contributed by atoms with E-state index in [4.69, 9.17) is 5.73 Å². The number of rotatable bonds is 4.